The molecule has 46 heteroatoms. The van der Waals surface area contributed by atoms with Gasteiger partial charge in [-0.1, -0.05) is 69.2 Å². The number of aliphatic hydroxyl groups excluding tert-OH is 1. The Morgan fingerprint density at radius 3 is 0.980 bits per heavy atom. The summed E-state index contributed by atoms with van der Waals surface area (Å²) in [5.41, 5.74) is 21.5. The van der Waals surface area contributed by atoms with E-state index < -0.39 is 30.5 Å². The lowest BCUT2D eigenvalue weighted by atomic mass is 9.98. The van der Waals surface area contributed by atoms with Crippen LogP contribution in [-0.4, -0.2) is 211 Å². The number of ketones is 1. The number of nitrogens with two attached hydrogens (primary N) is 3. The third-order valence-electron chi connectivity index (χ3n) is 20.1. The van der Waals surface area contributed by atoms with Crippen LogP contribution < -0.4 is 90.0 Å². The Morgan fingerprint density at radius 1 is 0.408 bits per heavy atom. The zero-order valence-electron chi connectivity index (χ0n) is 88.0. The minimum absolute atomic E-state index is 0.0267. The summed E-state index contributed by atoms with van der Waals surface area (Å²) in [5.74, 6) is 8.89. The quantitative estimate of drug-likeness (QED) is 0.00278. The number of hydrazine groups is 1. The second-order valence-corrected chi connectivity index (χ2v) is 31.6. The molecule has 0 bridgehead atoms. The highest BCUT2D eigenvalue weighted by Crippen LogP contribution is 2.39. The minimum atomic E-state index is -0.589. The van der Waals surface area contributed by atoms with E-state index in [9.17, 15) is 84.8 Å². The molecule has 0 aliphatic carbocycles. The molecule has 0 aliphatic rings. The van der Waals surface area contributed by atoms with Gasteiger partial charge in [-0.2, -0.15) is 9.98 Å². The first-order valence-electron chi connectivity index (χ1n) is 45.7. The van der Waals surface area contributed by atoms with Crippen LogP contribution in [0.15, 0.2) is 168 Å². The highest BCUT2D eigenvalue weighted by atomic mass is 35.5. The number of carbonyl (C=O) groups excluding carboxylic acids is 5. The molecule has 3 amide bonds. The van der Waals surface area contributed by atoms with E-state index in [2.05, 4.69) is 87.1 Å². The molecule has 147 heavy (non-hydrogen) atoms. The fraction of sp³-hybridized carbons (Fsp3) is 0.396. The number of nitro benzene ring substituents is 5. The van der Waals surface area contributed by atoms with Gasteiger partial charge in [-0.05, 0) is 171 Å². The van der Waals surface area contributed by atoms with Crippen molar-refractivity contribution in [1.82, 2.24) is 5.43 Å². The van der Waals surface area contributed by atoms with Gasteiger partial charge in [0.1, 0.15) is 63.3 Å². The largest absolute Gasteiger partial charge is 0.508 e. The lowest BCUT2D eigenvalue weighted by Crippen LogP contribution is -2.30. The lowest BCUT2D eigenvalue weighted by molar-refractivity contribution is -0.385. The number of hydrogen-bond donors (Lipinski definition) is 7. The molecule has 0 spiro atoms. The van der Waals surface area contributed by atoms with E-state index in [1.165, 1.54) is 129 Å². The number of anilines is 8. The Bertz CT molecular complexity index is 5550. The van der Waals surface area contributed by atoms with Gasteiger partial charge in [-0.25, -0.2) is 5.84 Å². The molecule has 9 aromatic rings. The van der Waals surface area contributed by atoms with E-state index in [1.807, 2.05) is 107 Å². The molecule has 0 heterocycles. The molecule has 9 rings (SSSR count). The number of carbonyl (C=O) groups is 5. The number of rotatable bonds is 37. The normalized spacial score (nSPS) is 9.64. The molecular formula is C101H140ClN17O26S2. The molecule has 43 nitrogen and oxygen atoms in total. The summed E-state index contributed by atoms with van der Waals surface area (Å²) in [5, 5.41) is 83.9. The number of aliphatic hydroxyl groups is 1. The number of nitrogens with zero attached hydrogens (tertiary/aromatic N) is 13. The predicted molar refractivity (Wildman–Crippen MR) is 585 cm³/mol. The Balaban J connectivity index is 0. The molecule has 0 unspecified atom stereocenters. The van der Waals surface area contributed by atoms with E-state index in [-0.39, 0.29) is 93.0 Å². The zero-order valence-corrected chi connectivity index (χ0v) is 90.3. The van der Waals surface area contributed by atoms with Gasteiger partial charge in [0, 0.05) is 185 Å². The average Bonchev–Trinajstić information content (AvgIpc) is 0.823. The van der Waals surface area contributed by atoms with Crippen molar-refractivity contribution in [2.24, 2.45) is 15.8 Å². The molecule has 0 aliphatic heterocycles. The van der Waals surface area contributed by atoms with Crippen molar-refractivity contribution >= 4 is 160 Å². The summed E-state index contributed by atoms with van der Waals surface area (Å²) in [7, 11) is 23.5. The number of nitrogens with one attached hydrogen (secondary N) is 1. The maximum atomic E-state index is 11.6. The van der Waals surface area contributed by atoms with Crippen LogP contribution in [0.4, 0.5) is 85.3 Å². The smallest absolute Gasteiger partial charge is 0.271 e. The van der Waals surface area contributed by atoms with Crippen LogP contribution in [0.5, 0.6) is 57.5 Å². The van der Waals surface area contributed by atoms with Crippen molar-refractivity contribution in [3.05, 3.63) is 225 Å². The van der Waals surface area contributed by atoms with Gasteiger partial charge in [0.15, 0.2) is 0 Å². The highest BCUT2D eigenvalue weighted by Gasteiger charge is 2.23. The van der Waals surface area contributed by atoms with Crippen molar-refractivity contribution in [3.63, 3.8) is 0 Å². The number of nitrogen functional groups attached to an aromatic ring is 3. The zero-order chi connectivity index (χ0) is 112. The van der Waals surface area contributed by atoms with Gasteiger partial charge in [0.05, 0.1) is 149 Å². The summed E-state index contributed by atoms with van der Waals surface area (Å²) >= 11 is 14.0. The summed E-state index contributed by atoms with van der Waals surface area (Å²) in [6, 6.07) is 40.9. The Labute approximate surface area is 873 Å². The van der Waals surface area contributed by atoms with E-state index >= 15 is 0 Å². The number of thiocarbonyl (C=S) groups is 2. The predicted octanol–water partition coefficient (Wildman–Crippen LogP) is 20.4. The summed E-state index contributed by atoms with van der Waals surface area (Å²) in [4.78, 5) is 125. The lowest BCUT2D eigenvalue weighted by Gasteiger charge is -2.21. The summed E-state index contributed by atoms with van der Waals surface area (Å²) in [6.07, 6.45) is 5.90. The van der Waals surface area contributed by atoms with Crippen molar-refractivity contribution in [1.29, 1.82) is 0 Å². The second kappa shape index (κ2) is 73.4. The monoisotopic (exact) mass is 2110 g/mol. The Kier molecular flexibility index (Phi) is 66.6. The van der Waals surface area contributed by atoms with Crippen molar-refractivity contribution in [2.75, 3.05) is 173 Å². The number of Topliss-reactive ketones (excluding diaryl/α,β-unsaturated/α-hetero) is 1. The minimum Gasteiger partial charge on any atom is -0.508 e. The fourth-order valence-corrected chi connectivity index (χ4v) is 12.7. The first-order valence-corrected chi connectivity index (χ1v) is 46.9. The molecule has 0 saturated heterocycles. The number of isothiocyanates is 2. The molecule has 0 aromatic heterocycles. The Morgan fingerprint density at radius 2 is 0.694 bits per heavy atom. The first-order chi connectivity index (χ1) is 69.6. The number of halogens is 1. The van der Waals surface area contributed by atoms with Crippen molar-refractivity contribution in [3.8, 4) is 57.5 Å². The molecule has 0 saturated carbocycles. The number of amides is 3. The first kappa shape index (κ1) is 133. The Hall–Kier alpha value is -15.7. The third-order valence-corrected chi connectivity index (χ3v) is 20.5. The number of phenolic OH excluding ortho intramolecular Hbond substituents is 2. The molecule has 0 radical (unpaired) electrons. The van der Waals surface area contributed by atoms with Crippen molar-refractivity contribution in [2.45, 2.75) is 140 Å². The van der Waals surface area contributed by atoms with Crippen LogP contribution in [0.2, 0.25) is 0 Å². The van der Waals surface area contributed by atoms with E-state index in [1.54, 1.807) is 83.2 Å². The number of phenols is 2. The number of methoxy groups -OCH3 is 8. The number of aromatic hydroxyl groups is 2. The maximum Gasteiger partial charge on any atom is 0.271 e. The maximum absolute atomic E-state index is 11.6. The molecule has 0 fully saturated rings. The number of benzene rings is 9. The molecule has 9 aromatic carbocycles. The van der Waals surface area contributed by atoms with Crippen LogP contribution in [0.3, 0.4) is 0 Å². The second-order valence-electron chi connectivity index (χ2n) is 30.8. The van der Waals surface area contributed by atoms with Gasteiger partial charge in [-0.15, -0.1) is 0 Å². The van der Waals surface area contributed by atoms with Crippen LogP contribution >= 0.6 is 36.0 Å². The van der Waals surface area contributed by atoms with Gasteiger partial charge >= 0.3 is 0 Å². The SMILES string of the molecule is CC(C)c1cc(C(=O)NN)c(O)cc1O.CCC(=O)Cc1cc([N+](=O)[O-])ccc1OC.CCC(=O)Cl.CCC(=O)N(C)c1cc([N+](=O)[O-])ccc1OC.CCC(=O)N(C)c1cc([N+](=O)[O-])ccc1OC.CCCN(C)c1cc(N)ccc1OC.CCCN(C)c1cc(N=C=S)ccc1OC.CCCN(C)c1cc(N=C=S)ccc1OC.CCCN(C)c1cc([N+](=O)[O-])ccc1OC.CCO.COc1ccc([N+](=O)[O-])cc1N. The van der Waals surface area contributed by atoms with Gasteiger partial charge in [0.2, 0.25) is 17.1 Å². The van der Waals surface area contributed by atoms with Gasteiger partial charge in [0.25, 0.3) is 34.3 Å². The summed E-state index contributed by atoms with van der Waals surface area (Å²) < 4.78 is 41.1. The van der Waals surface area contributed by atoms with Crippen LogP contribution in [0, 0.1) is 50.6 Å². The molecule has 0 atom stereocenters. The van der Waals surface area contributed by atoms with Crippen LogP contribution in [0.25, 0.3) is 0 Å². The van der Waals surface area contributed by atoms with E-state index in [4.69, 9.17) is 71.9 Å². The molecular weight excluding hydrogens is 1970 g/mol. The topological polar surface area (TPSA) is 570 Å². The van der Waals surface area contributed by atoms with Crippen molar-refractivity contribution < 1.29 is 102 Å². The molecule has 804 valence electrons. The van der Waals surface area contributed by atoms with Gasteiger partial charge in [-0.3, -0.25) is 80.0 Å². The van der Waals surface area contributed by atoms with Crippen LogP contribution in [0.1, 0.15) is 155 Å². The summed E-state index contributed by atoms with van der Waals surface area (Å²) in [6.45, 7) is 24.9. The number of non-ortho nitro benzene ring substituents is 5. The fourth-order valence-electron chi connectivity index (χ4n) is 12.5. The highest BCUT2D eigenvalue weighted by molar-refractivity contribution is 7.78. The number of hydrogen-bond acceptors (Lipinski definition) is 37. The average molecular weight is 2110 g/mol. The third kappa shape index (κ3) is 47.6. The van der Waals surface area contributed by atoms with E-state index in [0.717, 1.165) is 115 Å². The van der Waals surface area contributed by atoms with Crippen LogP contribution in [-0.2, 0) is 25.6 Å². The number of ether oxygens (including phenoxy) is 8. The van der Waals surface area contributed by atoms with E-state index in [0.29, 0.717) is 76.9 Å². The molecule has 10 N–H and O–H groups in total. The van der Waals surface area contributed by atoms with Gasteiger partial charge < -0.3 is 94.1 Å². The number of aliphatic imine (C=N–C) groups is 2. The number of nitro groups is 5. The standard InChI is InChI=1S/2C12H16N2OS.2C11H14N2O4.C11H16N2O3.C11H18N2O.C11H13NO4.C10H14N2O3.C7H8N2O3.C3H5ClO.C2H6O/c2*1-4-7-14(2)11-8-10(13-9-16)5-6-12(11)15-3;2*1-4-11(14)12(2)9-7-8(13(15)16)5-6-10(9)17-3;1-4-7-12(2)10-8-9(13(14)15)5-6-11(10)16-3;1-4-7-13(2)10-8-9(12)5-6-11(10)14-3;1-3-10(13)7-8-6-9(12(14)15)4-5-11(8)16-2;1-5(2)6-3-7(10(15)12-11)9(14)4-8(6)13;1-12-7-3-2-5(9(10)11)4-6(7)8;1-2-3(4)5;1-2-3/h2*5-6,8H,4,7H2,1-3H3;2*5-7H,4H2,1-3H3;5-6,8H,4,7H2,1-3H3;5-6,8H,4,7,12H2,1-3H3;4-6H,3,7H2,1-2H3;3-5,13-14H,11H2,1-2H3,(H,12,15);2-4H,8H2,1H3;2H2,1H3;3H,2H2,1H3.